The molecule has 0 radical (unpaired) electrons. The Balaban J connectivity index is 1.64. The van der Waals surface area contributed by atoms with Crippen molar-refractivity contribution in [1.82, 2.24) is 9.62 Å². The first kappa shape index (κ1) is 21.3. The van der Waals surface area contributed by atoms with Crippen molar-refractivity contribution in [3.05, 3.63) is 65.2 Å². The van der Waals surface area contributed by atoms with Crippen LogP contribution in [-0.4, -0.2) is 38.8 Å². The molecule has 1 saturated heterocycles. The summed E-state index contributed by atoms with van der Waals surface area (Å²) in [5.74, 6) is 0.564. The van der Waals surface area contributed by atoms with Gasteiger partial charge in [-0.15, -0.1) is 0 Å². The lowest BCUT2D eigenvalue weighted by molar-refractivity contribution is 0.0935. The van der Waals surface area contributed by atoms with Gasteiger partial charge >= 0.3 is 0 Å². The zero-order valence-corrected chi connectivity index (χ0v) is 17.7. The zero-order valence-electron chi connectivity index (χ0n) is 16.9. The third-order valence-electron chi connectivity index (χ3n) is 5.26. The van der Waals surface area contributed by atoms with Crippen LogP contribution in [0.4, 0.5) is 0 Å². The van der Waals surface area contributed by atoms with Crippen molar-refractivity contribution in [1.29, 1.82) is 0 Å². The molecule has 156 valence electrons. The molecule has 0 spiro atoms. The molecule has 1 unspecified atom stereocenters. The number of benzene rings is 2. The molecule has 1 aliphatic rings. The maximum atomic E-state index is 12.7. The van der Waals surface area contributed by atoms with Crippen LogP contribution in [0.5, 0.6) is 5.75 Å². The lowest BCUT2D eigenvalue weighted by atomic mass is 10.0. The minimum atomic E-state index is -3.29. The first-order chi connectivity index (χ1) is 13.9. The van der Waals surface area contributed by atoms with Crippen molar-refractivity contribution in [3.8, 4) is 5.75 Å². The Hall–Kier alpha value is -2.38. The summed E-state index contributed by atoms with van der Waals surface area (Å²) in [4.78, 5) is 12.7. The van der Waals surface area contributed by atoms with Gasteiger partial charge in [0.25, 0.3) is 5.91 Å². The summed E-state index contributed by atoms with van der Waals surface area (Å²) in [5.41, 5.74) is 2.21. The summed E-state index contributed by atoms with van der Waals surface area (Å²) >= 11 is 0. The Morgan fingerprint density at radius 2 is 1.69 bits per heavy atom. The molecule has 1 N–H and O–H groups in total. The highest BCUT2D eigenvalue weighted by molar-refractivity contribution is 7.88. The average Bonchev–Trinajstić information content (AvgIpc) is 3.28. The second kappa shape index (κ2) is 9.41. The van der Waals surface area contributed by atoms with E-state index in [0.717, 1.165) is 30.6 Å². The van der Waals surface area contributed by atoms with Gasteiger partial charge in [-0.05, 0) is 54.7 Å². The predicted octanol–water partition coefficient (Wildman–Crippen LogP) is 3.50. The maximum absolute atomic E-state index is 12.7. The number of hydrogen-bond donors (Lipinski definition) is 1. The third kappa shape index (κ3) is 5.36. The van der Waals surface area contributed by atoms with E-state index in [-0.39, 0.29) is 17.7 Å². The van der Waals surface area contributed by atoms with Crippen molar-refractivity contribution in [2.45, 2.75) is 38.0 Å². The smallest absolute Gasteiger partial charge is 0.251 e. The molecular formula is C22H28N2O4S. The van der Waals surface area contributed by atoms with Crippen molar-refractivity contribution >= 4 is 15.9 Å². The monoisotopic (exact) mass is 416 g/mol. The Morgan fingerprint density at radius 1 is 1.07 bits per heavy atom. The predicted molar refractivity (Wildman–Crippen MR) is 113 cm³/mol. The van der Waals surface area contributed by atoms with Crippen LogP contribution in [0.2, 0.25) is 0 Å². The van der Waals surface area contributed by atoms with E-state index in [1.807, 2.05) is 31.2 Å². The van der Waals surface area contributed by atoms with Gasteiger partial charge in [-0.2, -0.15) is 0 Å². The fourth-order valence-corrected chi connectivity index (χ4v) is 5.13. The summed E-state index contributed by atoms with van der Waals surface area (Å²) in [7, 11) is -1.67. The van der Waals surface area contributed by atoms with Gasteiger partial charge < -0.3 is 10.1 Å². The average molecular weight is 417 g/mol. The number of carbonyl (C=O) groups excluding carboxylic acids is 1. The van der Waals surface area contributed by atoms with Gasteiger partial charge in [0.15, 0.2) is 0 Å². The summed E-state index contributed by atoms with van der Waals surface area (Å²) in [6.07, 6.45) is 2.60. The van der Waals surface area contributed by atoms with E-state index in [1.54, 1.807) is 35.7 Å². The largest absolute Gasteiger partial charge is 0.497 e. The van der Waals surface area contributed by atoms with Crippen LogP contribution in [-0.2, 0) is 15.8 Å². The van der Waals surface area contributed by atoms with Crippen LogP contribution in [0.3, 0.4) is 0 Å². The highest BCUT2D eigenvalue weighted by Crippen LogP contribution is 2.21. The fraction of sp³-hybridized carbons (Fsp3) is 0.409. The van der Waals surface area contributed by atoms with Crippen LogP contribution in [0.25, 0.3) is 0 Å². The number of ether oxygens (including phenoxy) is 1. The number of rotatable bonds is 8. The quantitative estimate of drug-likeness (QED) is 0.715. The summed E-state index contributed by atoms with van der Waals surface area (Å²) in [6.45, 7) is 3.22. The number of nitrogens with zero attached hydrogens (tertiary/aromatic N) is 1. The first-order valence-corrected chi connectivity index (χ1v) is 11.6. The standard InChI is InChI=1S/C22H28N2O4S/c1-3-21(18-10-12-20(28-2)13-11-18)23-22(25)19-8-6-17(7-9-19)16-29(26,27)24-14-4-5-15-24/h6-13,21H,3-5,14-16H2,1-2H3,(H,23,25). The van der Waals surface area contributed by atoms with Crippen molar-refractivity contribution in [2.75, 3.05) is 20.2 Å². The van der Waals surface area contributed by atoms with Gasteiger partial charge in [-0.1, -0.05) is 31.2 Å². The van der Waals surface area contributed by atoms with Crippen LogP contribution in [0, 0.1) is 0 Å². The molecule has 1 amide bonds. The van der Waals surface area contributed by atoms with Crippen molar-refractivity contribution in [2.24, 2.45) is 0 Å². The van der Waals surface area contributed by atoms with E-state index in [2.05, 4.69) is 5.32 Å². The van der Waals surface area contributed by atoms with Gasteiger partial charge in [0.05, 0.1) is 18.9 Å². The lowest BCUT2D eigenvalue weighted by Crippen LogP contribution is -2.29. The molecule has 1 aliphatic heterocycles. The second-order valence-corrected chi connectivity index (χ2v) is 9.24. The van der Waals surface area contributed by atoms with E-state index in [4.69, 9.17) is 4.74 Å². The minimum Gasteiger partial charge on any atom is -0.497 e. The molecule has 1 atom stereocenters. The molecular weight excluding hydrogens is 388 g/mol. The van der Waals surface area contributed by atoms with E-state index >= 15 is 0 Å². The van der Waals surface area contributed by atoms with Gasteiger partial charge in [0.1, 0.15) is 5.75 Å². The fourth-order valence-electron chi connectivity index (χ4n) is 3.52. The third-order valence-corrected chi connectivity index (χ3v) is 7.11. The highest BCUT2D eigenvalue weighted by Gasteiger charge is 2.25. The molecule has 6 nitrogen and oxygen atoms in total. The Labute approximate surface area is 172 Å². The normalized spacial score (nSPS) is 15.8. The van der Waals surface area contributed by atoms with Crippen molar-refractivity contribution < 1.29 is 17.9 Å². The molecule has 1 fully saturated rings. The summed E-state index contributed by atoms with van der Waals surface area (Å²) in [6, 6.07) is 14.3. The summed E-state index contributed by atoms with van der Waals surface area (Å²) in [5, 5.41) is 3.04. The summed E-state index contributed by atoms with van der Waals surface area (Å²) < 4.78 is 31.6. The van der Waals surface area contributed by atoms with Crippen LogP contribution < -0.4 is 10.1 Å². The molecule has 2 aromatic carbocycles. The lowest BCUT2D eigenvalue weighted by Gasteiger charge is -2.18. The minimum absolute atomic E-state index is 0.0294. The molecule has 29 heavy (non-hydrogen) atoms. The number of methoxy groups -OCH3 is 1. The van der Waals surface area contributed by atoms with Gasteiger partial charge in [-0.25, -0.2) is 12.7 Å². The molecule has 2 aromatic rings. The second-order valence-electron chi connectivity index (χ2n) is 7.27. The number of carbonyl (C=O) groups is 1. The number of hydrogen-bond acceptors (Lipinski definition) is 4. The Morgan fingerprint density at radius 3 is 2.24 bits per heavy atom. The van der Waals surface area contributed by atoms with Gasteiger partial charge in [0.2, 0.25) is 10.0 Å². The van der Waals surface area contributed by atoms with E-state index in [9.17, 15) is 13.2 Å². The highest BCUT2D eigenvalue weighted by atomic mass is 32.2. The van der Waals surface area contributed by atoms with E-state index < -0.39 is 10.0 Å². The maximum Gasteiger partial charge on any atom is 0.251 e. The number of sulfonamides is 1. The molecule has 0 saturated carbocycles. The Bertz CT molecular complexity index is 918. The number of amides is 1. The van der Waals surface area contributed by atoms with E-state index in [0.29, 0.717) is 24.2 Å². The SMILES string of the molecule is CCC(NC(=O)c1ccc(CS(=O)(=O)N2CCCC2)cc1)c1ccc(OC)cc1. The van der Waals surface area contributed by atoms with Crippen LogP contribution in [0.1, 0.15) is 53.7 Å². The van der Waals surface area contributed by atoms with Crippen LogP contribution >= 0.6 is 0 Å². The van der Waals surface area contributed by atoms with Gasteiger partial charge in [0, 0.05) is 18.7 Å². The van der Waals surface area contributed by atoms with E-state index in [1.165, 1.54) is 0 Å². The molecule has 0 aliphatic carbocycles. The molecule has 7 heteroatoms. The first-order valence-electron chi connectivity index (χ1n) is 9.94. The molecule has 0 aromatic heterocycles. The topological polar surface area (TPSA) is 75.7 Å². The van der Waals surface area contributed by atoms with Crippen LogP contribution in [0.15, 0.2) is 48.5 Å². The molecule has 0 bridgehead atoms. The molecule has 3 rings (SSSR count). The van der Waals surface area contributed by atoms with Crippen molar-refractivity contribution in [3.63, 3.8) is 0 Å². The molecule has 1 heterocycles. The zero-order chi connectivity index (χ0) is 20.9. The van der Waals surface area contributed by atoms with Gasteiger partial charge in [-0.3, -0.25) is 4.79 Å². The number of nitrogens with one attached hydrogen (secondary N) is 1. The Kier molecular flexibility index (Phi) is 6.92.